The molecular weight excluding hydrogens is 433 g/mol. The molecule has 11 heteroatoms. The van der Waals surface area contributed by atoms with Crippen LogP contribution < -0.4 is 14.8 Å². The topological polar surface area (TPSA) is 84.5 Å². The molecule has 0 aliphatic carbocycles. The minimum Gasteiger partial charge on any atom is -0.492 e. The third-order valence-corrected chi connectivity index (χ3v) is 5.47. The van der Waals surface area contributed by atoms with Crippen molar-refractivity contribution in [1.82, 2.24) is 4.72 Å². The molecule has 2 aromatic carbocycles. The van der Waals surface area contributed by atoms with Crippen LogP contribution in [0.5, 0.6) is 5.75 Å². The van der Waals surface area contributed by atoms with Crippen molar-refractivity contribution in [1.29, 1.82) is 0 Å². The maximum atomic E-state index is 12.8. The molecule has 29 heavy (non-hydrogen) atoms. The number of alkyl halides is 3. The highest BCUT2D eigenvalue weighted by molar-refractivity contribution is 7.89. The zero-order valence-corrected chi connectivity index (χ0v) is 17.0. The first-order valence-corrected chi connectivity index (χ1v) is 10.2. The van der Waals surface area contributed by atoms with Crippen molar-refractivity contribution in [3.05, 3.63) is 53.1 Å². The van der Waals surface area contributed by atoms with E-state index in [9.17, 15) is 26.4 Å². The second-order valence-electron chi connectivity index (χ2n) is 5.93. The molecule has 0 aromatic heterocycles. The molecule has 0 saturated carbocycles. The highest BCUT2D eigenvalue weighted by Crippen LogP contribution is 2.31. The second kappa shape index (κ2) is 9.02. The standard InChI is InChI=1S/C18H18ClF3N2O4S/c1-3-28-15-8-7-13(19)10-16(15)29(26,27)24-11(2)17(25)23-14-6-4-5-12(9-14)18(20,21)22/h4-11,24H,3H2,1-2H3,(H,23,25). The zero-order chi connectivity index (χ0) is 21.8. The van der Waals surface area contributed by atoms with E-state index in [0.717, 1.165) is 18.2 Å². The van der Waals surface area contributed by atoms with Crippen LogP contribution in [0.4, 0.5) is 18.9 Å². The Balaban J connectivity index is 2.18. The number of rotatable bonds is 7. The highest BCUT2D eigenvalue weighted by Gasteiger charge is 2.31. The van der Waals surface area contributed by atoms with Gasteiger partial charge in [-0.1, -0.05) is 17.7 Å². The van der Waals surface area contributed by atoms with Crippen molar-refractivity contribution in [2.75, 3.05) is 11.9 Å². The van der Waals surface area contributed by atoms with Gasteiger partial charge in [0.05, 0.1) is 18.2 Å². The van der Waals surface area contributed by atoms with Crippen molar-refractivity contribution in [2.24, 2.45) is 0 Å². The molecule has 2 rings (SSSR count). The molecule has 0 radical (unpaired) electrons. The van der Waals surface area contributed by atoms with E-state index in [1.165, 1.54) is 31.2 Å². The Kier molecular flexibility index (Phi) is 7.15. The van der Waals surface area contributed by atoms with E-state index >= 15 is 0 Å². The van der Waals surface area contributed by atoms with E-state index in [1.54, 1.807) is 6.92 Å². The second-order valence-corrected chi connectivity index (χ2v) is 8.05. The van der Waals surface area contributed by atoms with Crippen molar-refractivity contribution < 1.29 is 31.1 Å². The van der Waals surface area contributed by atoms with Gasteiger partial charge in [-0.25, -0.2) is 8.42 Å². The Morgan fingerprint density at radius 1 is 1.21 bits per heavy atom. The Bertz CT molecular complexity index is 997. The van der Waals surface area contributed by atoms with Gasteiger partial charge in [-0.3, -0.25) is 4.79 Å². The van der Waals surface area contributed by atoms with E-state index in [1.807, 2.05) is 0 Å². The van der Waals surface area contributed by atoms with E-state index in [-0.39, 0.29) is 28.0 Å². The Labute approximate surface area is 171 Å². The fraction of sp³-hybridized carbons (Fsp3) is 0.278. The number of halogens is 4. The summed E-state index contributed by atoms with van der Waals surface area (Å²) in [7, 11) is -4.20. The first-order valence-electron chi connectivity index (χ1n) is 8.37. The van der Waals surface area contributed by atoms with Gasteiger partial charge in [0.1, 0.15) is 10.6 Å². The van der Waals surface area contributed by atoms with Crippen LogP contribution in [-0.2, 0) is 21.0 Å². The quantitative estimate of drug-likeness (QED) is 0.666. The lowest BCUT2D eigenvalue weighted by Crippen LogP contribution is -2.41. The van der Waals surface area contributed by atoms with Gasteiger partial charge in [0.15, 0.2) is 0 Å². The molecule has 0 aliphatic rings. The molecule has 0 aliphatic heterocycles. The van der Waals surface area contributed by atoms with Crippen LogP contribution in [0.15, 0.2) is 47.4 Å². The third kappa shape index (κ3) is 6.09. The van der Waals surface area contributed by atoms with Crippen molar-refractivity contribution >= 4 is 33.2 Å². The van der Waals surface area contributed by atoms with Gasteiger partial charge in [-0.2, -0.15) is 17.9 Å². The molecule has 0 bridgehead atoms. The van der Waals surface area contributed by atoms with Gasteiger partial charge in [0, 0.05) is 10.7 Å². The molecule has 0 spiro atoms. The number of hydrogen-bond acceptors (Lipinski definition) is 4. The minimum atomic E-state index is -4.57. The molecule has 6 nitrogen and oxygen atoms in total. The van der Waals surface area contributed by atoms with Gasteiger partial charge >= 0.3 is 6.18 Å². The van der Waals surface area contributed by atoms with E-state index < -0.39 is 33.7 Å². The van der Waals surface area contributed by atoms with Crippen molar-refractivity contribution in [3.8, 4) is 5.75 Å². The lowest BCUT2D eigenvalue weighted by molar-refractivity contribution is -0.137. The normalized spacial score (nSPS) is 13.0. The van der Waals surface area contributed by atoms with Gasteiger partial charge in [-0.15, -0.1) is 0 Å². The number of carbonyl (C=O) groups is 1. The smallest absolute Gasteiger partial charge is 0.416 e. The van der Waals surface area contributed by atoms with Gasteiger partial charge in [-0.05, 0) is 50.2 Å². The number of anilines is 1. The molecular formula is C18H18ClF3N2O4S. The largest absolute Gasteiger partial charge is 0.492 e. The number of sulfonamides is 1. The summed E-state index contributed by atoms with van der Waals surface area (Å²) in [5.74, 6) is -0.789. The fourth-order valence-corrected chi connectivity index (χ4v) is 3.95. The fourth-order valence-electron chi connectivity index (χ4n) is 2.34. The average molecular weight is 451 g/mol. The van der Waals surface area contributed by atoms with Gasteiger partial charge in [0.25, 0.3) is 0 Å². The monoisotopic (exact) mass is 450 g/mol. The Morgan fingerprint density at radius 3 is 2.52 bits per heavy atom. The molecule has 2 aromatic rings. The third-order valence-electron chi connectivity index (χ3n) is 3.68. The van der Waals surface area contributed by atoms with Crippen molar-refractivity contribution in [3.63, 3.8) is 0 Å². The first-order chi connectivity index (χ1) is 13.4. The number of amides is 1. The van der Waals surface area contributed by atoms with Crippen molar-refractivity contribution in [2.45, 2.75) is 31.0 Å². The summed E-state index contributed by atoms with van der Waals surface area (Å²) < 4.78 is 71.1. The summed E-state index contributed by atoms with van der Waals surface area (Å²) in [6.07, 6.45) is -4.57. The van der Waals surface area contributed by atoms with Crippen LogP contribution in [0, 0.1) is 0 Å². The number of nitrogens with one attached hydrogen (secondary N) is 2. The maximum Gasteiger partial charge on any atom is 0.416 e. The zero-order valence-electron chi connectivity index (χ0n) is 15.4. The molecule has 2 N–H and O–H groups in total. The van der Waals surface area contributed by atoms with Crippen LogP contribution in [0.25, 0.3) is 0 Å². The molecule has 158 valence electrons. The molecule has 1 amide bonds. The van der Waals surface area contributed by atoms with Gasteiger partial charge in [0.2, 0.25) is 15.9 Å². The average Bonchev–Trinajstić information content (AvgIpc) is 2.62. The van der Waals surface area contributed by atoms with Crippen LogP contribution in [0.2, 0.25) is 5.02 Å². The molecule has 1 unspecified atom stereocenters. The number of carbonyl (C=O) groups excluding carboxylic acids is 1. The van der Waals surface area contributed by atoms with Crippen LogP contribution >= 0.6 is 11.6 Å². The summed E-state index contributed by atoms with van der Waals surface area (Å²) in [6.45, 7) is 3.13. The van der Waals surface area contributed by atoms with E-state index in [0.29, 0.717) is 0 Å². The molecule has 0 fully saturated rings. The Morgan fingerprint density at radius 2 is 1.90 bits per heavy atom. The minimum absolute atomic E-state index is 0.0508. The van der Waals surface area contributed by atoms with Crippen LogP contribution in [-0.4, -0.2) is 27.0 Å². The lowest BCUT2D eigenvalue weighted by Gasteiger charge is -2.17. The summed E-state index contributed by atoms with van der Waals surface area (Å²) >= 11 is 5.86. The first kappa shape index (κ1) is 23.0. The number of ether oxygens (including phenoxy) is 1. The summed E-state index contributed by atoms with van der Waals surface area (Å²) in [6, 6.07) is 6.73. The maximum absolute atomic E-state index is 12.8. The lowest BCUT2D eigenvalue weighted by atomic mass is 10.2. The Hall–Kier alpha value is -2.30. The summed E-state index contributed by atoms with van der Waals surface area (Å²) in [4.78, 5) is 12.0. The van der Waals surface area contributed by atoms with Gasteiger partial charge < -0.3 is 10.1 Å². The molecule has 0 heterocycles. The molecule has 1 atom stereocenters. The predicted molar refractivity (Wildman–Crippen MR) is 102 cm³/mol. The van der Waals surface area contributed by atoms with Crippen LogP contribution in [0.1, 0.15) is 19.4 Å². The molecule has 0 saturated heterocycles. The summed E-state index contributed by atoms with van der Waals surface area (Å²) in [5.41, 5.74) is -1.06. The van der Waals surface area contributed by atoms with Crippen LogP contribution in [0.3, 0.4) is 0 Å². The summed E-state index contributed by atoms with van der Waals surface area (Å²) in [5, 5.41) is 2.40. The van der Waals surface area contributed by atoms with E-state index in [4.69, 9.17) is 16.3 Å². The number of hydrogen-bond donors (Lipinski definition) is 2. The SMILES string of the molecule is CCOc1ccc(Cl)cc1S(=O)(=O)NC(C)C(=O)Nc1cccc(C(F)(F)F)c1. The highest BCUT2D eigenvalue weighted by atomic mass is 35.5. The number of benzene rings is 2. The van der Waals surface area contributed by atoms with E-state index in [2.05, 4.69) is 10.0 Å². The predicted octanol–water partition coefficient (Wildman–Crippen LogP) is 4.06.